The molecule has 0 saturated carbocycles. The van der Waals surface area contributed by atoms with Crippen LogP contribution < -0.4 is 0 Å². The number of hydrogen-bond donors (Lipinski definition) is 1. The van der Waals surface area contributed by atoms with Crippen LogP contribution in [0.25, 0.3) is 10.9 Å². The molecular weight excluding hydrogens is 254 g/mol. The van der Waals surface area contributed by atoms with E-state index in [0.29, 0.717) is 12.1 Å². The number of rotatable bonds is 4. The van der Waals surface area contributed by atoms with E-state index in [9.17, 15) is 9.90 Å². The van der Waals surface area contributed by atoms with Crippen LogP contribution in [-0.4, -0.2) is 15.6 Å². The Balaban J connectivity index is 2.39. The Morgan fingerprint density at radius 2 is 2.15 bits per heavy atom. The number of fused-ring (bicyclic) bond motifs is 1. The third-order valence-corrected chi connectivity index (χ3v) is 3.30. The first-order valence-corrected chi connectivity index (χ1v) is 6.77. The summed E-state index contributed by atoms with van der Waals surface area (Å²) in [6, 6.07) is 5.82. The minimum Gasteiger partial charge on any atom is -0.493 e. The third kappa shape index (κ3) is 2.71. The third-order valence-electron chi connectivity index (χ3n) is 3.30. The van der Waals surface area contributed by atoms with Gasteiger partial charge in [0.25, 0.3) is 5.91 Å². The van der Waals surface area contributed by atoms with Crippen molar-refractivity contribution in [2.45, 2.75) is 33.1 Å². The quantitative estimate of drug-likeness (QED) is 0.856. The van der Waals surface area contributed by atoms with Crippen LogP contribution in [0.1, 0.15) is 31.7 Å². The summed E-state index contributed by atoms with van der Waals surface area (Å²) in [5.74, 6) is -0.228. The second-order valence-corrected chi connectivity index (χ2v) is 4.95. The van der Waals surface area contributed by atoms with Crippen molar-refractivity contribution in [1.82, 2.24) is 4.57 Å². The van der Waals surface area contributed by atoms with E-state index in [0.717, 1.165) is 29.3 Å². The average Bonchev–Trinajstić information content (AvgIpc) is 2.66. The smallest absolute Gasteiger partial charge is 0.264 e. The molecule has 2 rings (SSSR count). The first-order chi connectivity index (χ1) is 9.54. The van der Waals surface area contributed by atoms with Gasteiger partial charge >= 0.3 is 0 Å². The lowest BCUT2D eigenvalue weighted by Crippen LogP contribution is -1.90. The van der Waals surface area contributed by atoms with Crippen molar-refractivity contribution in [2.75, 3.05) is 0 Å². The Labute approximate surface area is 117 Å². The Kier molecular flexibility index (Phi) is 4.17. The molecule has 0 saturated heterocycles. The second kappa shape index (κ2) is 5.86. The number of carbonyl (C=O) groups excluding carboxylic acids is 1. The summed E-state index contributed by atoms with van der Waals surface area (Å²) in [6.07, 6.45) is 2.14. The molecule has 0 radical (unpaired) electrons. The lowest BCUT2D eigenvalue weighted by atomic mass is 10.1. The van der Waals surface area contributed by atoms with Gasteiger partial charge in [-0.15, -0.1) is 10.2 Å². The van der Waals surface area contributed by atoms with Crippen LogP contribution in [0.4, 0.5) is 5.69 Å². The van der Waals surface area contributed by atoms with Crippen LogP contribution in [0, 0.1) is 6.92 Å². The van der Waals surface area contributed by atoms with Crippen molar-refractivity contribution in [3.8, 4) is 5.88 Å². The van der Waals surface area contributed by atoms with E-state index in [1.165, 1.54) is 0 Å². The fourth-order valence-electron chi connectivity index (χ4n) is 2.11. The lowest BCUT2D eigenvalue weighted by molar-refractivity contribution is -0.118. The predicted molar refractivity (Wildman–Crippen MR) is 78.4 cm³/mol. The van der Waals surface area contributed by atoms with Crippen LogP contribution in [0.5, 0.6) is 5.88 Å². The molecule has 0 spiro atoms. The Bertz CT molecular complexity index is 671. The van der Waals surface area contributed by atoms with Crippen LogP contribution in [-0.2, 0) is 11.8 Å². The van der Waals surface area contributed by atoms with Gasteiger partial charge in [0.1, 0.15) is 0 Å². The van der Waals surface area contributed by atoms with Gasteiger partial charge in [0, 0.05) is 18.9 Å². The van der Waals surface area contributed by atoms with Gasteiger partial charge in [-0.2, -0.15) is 0 Å². The van der Waals surface area contributed by atoms with Gasteiger partial charge in [-0.1, -0.05) is 25.0 Å². The molecule has 0 unspecified atom stereocenters. The fourth-order valence-corrected chi connectivity index (χ4v) is 2.11. The molecule has 5 nitrogen and oxygen atoms in total. The summed E-state index contributed by atoms with van der Waals surface area (Å²) in [4.78, 5) is 11.5. The number of nitrogens with zero attached hydrogens (tertiary/aromatic N) is 3. The number of benzene rings is 1. The van der Waals surface area contributed by atoms with Crippen LogP contribution in [0.15, 0.2) is 28.4 Å². The molecular formula is C15H19N3O2. The van der Waals surface area contributed by atoms with E-state index in [4.69, 9.17) is 0 Å². The maximum Gasteiger partial charge on any atom is 0.264 e. The minimum atomic E-state index is -0.254. The number of hydrogen-bond acceptors (Lipinski definition) is 3. The highest BCUT2D eigenvalue weighted by Gasteiger charge is 2.14. The Morgan fingerprint density at radius 1 is 1.40 bits per heavy atom. The Hall–Kier alpha value is -2.17. The highest BCUT2D eigenvalue weighted by molar-refractivity contribution is 5.95. The van der Waals surface area contributed by atoms with E-state index in [1.54, 1.807) is 11.6 Å². The van der Waals surface area contributed by atoms with Crippen molar-refractivity contribution >= 4 is 22.5 Å². The molecule has 1 aromatic carbocycles. The van der Waals surface area contributed by atoms with Gasteiger partial charge in [0.15, 0.2) is 5.69 Å². The first-order valence-electron chi connectivity index (χ1n) is 6.77. The molecule has 0 fully saturated rings. The normalized spacial score (nSPS) is 11.6. The summed E-state index contributed by atoms with van der Waals surface area (Å²) < 4.78 is 1.64. The molecule has 0 aliphatic rings. The molecule has 1 heterocycles. The maximum absolute atomic E-state index is 11.5. The zero-order valence-corrected chi connectivity index (χ0v) is 12.1. The second-order valence-electron chi connectivity index (χ2n) is 4.95. The van der Waals surface area contributed by atoms with E-state index in [2.05, 4.69) is 10.2 Å². The summed E-state index contributed by atoms with van der Waals surface area (Å²) >= 11 is 0. The topological polar surface area (TPSA) is 66.9 Å². The van der Waals surface area contributed by atoms with Crippen LogP contribution >= 0.6 is 0 Å². The summed E-state index contributed by atoms with van der Waals surface area (Å²) in [5, 5.41) is 18.6. The largest absolute Gasteiger partial charge is 0.493 e. The van der Waals surface area contributed by atoms with Crippen LogP contribution in [0.3, 0.4) is 0 Å². The molecule has 1 aromatic heterocycles. The molecule has 20 heavy (non-hydrogen) atoms. The standard InChI is InChI=1S/C15H19N3O2/c1-4-5-6-13(19)16-17-14-11-9-10(2)7-8-12(11)18(3)15(14)20/h7-9,20H,4-6H2,1-3H3. The van der Waals surface area contributed by atoms with Crippen molar-refractivity contribution in [3.05, 3.63) is 23.8 Å². The molecule has 2 aromatic rings. The summed E-state index contributed by atoms with van der Waals surface area (Å²) in [5.41, 5.74) is 2.29. The van der Waals surface area contributed by atoms with Gasteiger partial charge < -0.3 is 9.67 Å². The molecule has 1 amide bonds. The summed E-state index contributed by atoms with van der Waals surface area (Å²) in [6.45, 7) is 3.99. The van der Waals surface area contributed by atoms with Gasteiger partial charge in [-0.3, -0.25) is 4.79 Å². The number of aromatic nitrogens is 1. The Morgan fingerprint density at radius 3 is 2.85 bits per heavy atom. The number of unbranched alkanes of at least 4 members (excludes halogenated alkanes) is 1. The molecule has 5 heteroatoms. The SMILES string of the molecule is CCCCC(=O)N=Nc1c(O)n(C)c2ccc(C)cc12. The monoisotopic (exact) mass is 273 g/mol. The van der Waals surface area contributed by atoms with Gasteiger partial charge in [-0.25, -0.2) is 0 Å². The van der Waals surface area contributed by atoms with E-state index in [-0.39, 0.29) is 11.8 Å². The predicted octanol–water partition coefficient (Wildman–Crippen LogP) is 3.99. The highest BCUT2D eigenvalue weighted by atomic mass is 16.3. The maximum atomic E-state index is 11.5. The molecule has 1 N–H and O–H groups in total. The first kappa shape index (κ1) is 14.2. The molecule has 0 aliphatic heterocycles. The fraction of sp³-hybridized carbons (Fsp3) is 0.400. The van der Waals surface area contributed by atoms with Crippen molar-refractivity contribution in [3.63, 3.8) is 0 Å². The van der Waals surface area contributed by atoms with Gasteiger partial charge in [0.2, 0.25) is 5.88 Å². The molecule has 0 bridgehead atoms. The van der Waals surface area contributed by atoms with E-state index >= 15 is 0 Å². The summed E-state index contributed by atoms with van der Waals surface area (Å²) in [7, 11) is 1.75. The van der Waals surface area contributed by atoms with Gasteiger partial charge in [0.05, 0.1) is 5.52 Å². The average molecular weight is 273 g/mol. The van der Waals surface area contributed by atoms with Gasteiger partial charge in [-0.05, 0) is 25.5 Å². The van der Waals surface area contributed by atoms with Crippen molar-refractivity contribution in [1.29, 1.82) is 0 Å². The minimum absolute atomic E-state index is 0.0256. The molecule has 0 atom stereocenters. The van der Waals surface area contributed by atoms with Crippen LogP contribution in [0.2, 0.25) is 0 Å². The zero-order chi connectivity index (χ0) is 14.7. The number of amides is 1. The molecule has 0 aliphatic carbocycles. The number of aryl methyl sites for hydroxylation is 2. The van der Waals surface area contributed by atoms with Crippen molar-refractivity contribution in [2.24, 2.45) is 17.3 Å². The number of carbonyl (C=O) groups is 1. The van der Waals surface area contributed by atoms with Crippen molar-refractivity contribution < 1.29 is 9.90 Å². The lowest BCUT2D eigenvalue weighted by Gasteiger charge is -1.96. The number of aromatic hydroxyl groups is 1. The zero-order valence-electron chi connectivity index (χ0n) is 12.1. The van der Waals surface area contributed by atoms with E-state index in [1.807, 2.05) is 32.0 Å². The van der Waals surface area contributed by atoms with E-state index < -0.39 is 0 Å². The number of azo groups is 1. The highest BCUT2D eigenvalue weighted by Crippen LogP contribution is 2.38. The molecule has 106 valence electrons.